The highest BCUT2D eigenvalue weighted by molar-refractivity contribution is 6.06. The number of nitrogens with one attached hydrogen (secondary N) is 1. The van der Waals surface area contributed by atoms with Gasteiger partial charge in [-0.2, -0.15) is 0 Å². The number of fused-ring (bicyclic) bond motifs is 2. The molecule has 30 heavy (non-hydrogen) atoms. The highest BCUT2D eigenvalue weighted by Gasteiger charge is 2.24. The Hall–Kier alpha value is -3.41. The van der Waals surface area contributed by atoms with Crippen LogP contribution in [-0.2, 0) is 22.4 Å². The van der Waals surface area contributed by atoms with Crippen molar-refractivity contribution in [3.05, 3.63) is 65.4 Å². The second-order valence-corrected chi connectivity index (χ2v) is 7.19. The number of pyridine rings is 1. The number of ether oxygens (including phenoxy) is 2. The molecule has 2 aromatic carbocycles. The number of benzene rings is 2. The molecule has 0 aliphatic heterocycles. The molecular formula is C24H24N2O4. The van der Waals surface area contributed by atoms with E-state index >= 15 is 0 Å². The summed E-state index contributed by atoms with van der Waals surface area (Å²) in [6, 6.07) is 14.7. The molecule has 0 saturated carbocycles. The number of rotatable bonds is 6. The van der Waals surface area contributed by atoms with Crippen LogP contribution >= 0.6 is 0 Å². The minimum absolute atomic E-state index is 0.370. The number of hydrogen-bond acceptors (Lipinski definition) is 5. The molecule has 6 nitrogen and oxygen atoms in total. The van der Waals surface area contributed by atoms with E-state index in [0.29, 0.717) is 23.6 Å². The minimum atomic E-state index is -0.486. The van der Waals surface area contributed by atoms with Crippen molar-refractivity contribution in [1.29, 1.82) is 0 Å². The molecule has 1 aromatic heterocycles. The Morgan fingerprint density at radius 1 is 1.03 bits per heavy atom. The van der Waals surface area contributed by atoms with Crippen LogP contribution in [0.5, 0.6) is 5.75 Å². The normalized spacial score (nSPS) is 12.8. The van der Waals surface area contributed by atoms with Crippen LogP contribution in [0.25, 0.3) is 10.9 Å². The maximum atomic E-state index is 13.0. The van der Waals surface area contributed by atoms with Crippen LogP contribution in [-0.4, -0.2) is 30.1 Å². The first-order chi connectivity index (χ1) is 14.7. The van der Waals surface area contributed by atoms with E-state index in [2.05, 4.69) is 5.32 Å². The lowest BCUT2D eigenvalue weighted by Gasteiger charge is -2.20. The molecule has 154 valence electrons. The van der Waals surface area contributed by atoms with Crippen LogP contribution in [0.15, 0.2) is 48.5 Å². The molecule has 4 rings (SSSR count). The maximum absolute atomic E-state index is 13.0. The Morgan fingerprint density at radius 3 is 2.67 bits per heavy atom. The quantitative estimate of drug-likeness (QED) is 0.620. The third-order valence-electron chi connectivity index (χ3n) is 5.17. The molecule has 0 radical (unpaired) electrons. The summed E-state index contributed by atoms with van der Waals surface area (Å²) < 4.78 is 10.9. The molecule has 0 spiro atoms. The first kappa shape index (κ1) is 19.9. The average molecular weight is 404 g/mol. The van der Waals surface area contributed by atoms with E-state index in [-0.39, 0.29) is 6.61 Å². The summed E-state index contributed by atoms with van der Waals surface area (Å²) in [5.41, 5.74) is 3.78. The predicted octanol–water partition coefficient (Wildman–Crippen LogP) is 4.31. The van der Waals surface area contributed by atoms with Crippen LogP contribution in [0.3, 0.4) is 0 Å². The van der Waals surface area contributed by atoms with Crippen molar-refractivity contribution >= 4 is 28.5 Å². The average Bonchev–Trinajstić information content (AvgIpc) is 2.77. The van der Waals surface area contributed by atoms with Gasteiger partial charge in [-0.3, -0.25) is 9.78 Å². The van der Waals surface area contributed by atoms with Gasteiger partial charge >= 0.3 is 5.97 Å². The lowest BCUT2D eigenvalue weighted by molar-refractivity contribution is -0.119. The van der Waals surface area contributed by atoms with Crippen molar-refractivity contribution in [3.8, 4) is 5.75 Å². The van der Waals surface area contributed by atoms with Gasteiger partial charge in [0, 0.05) is 11.1 Å². The van der Waals surface area contributed by atoms with Gasteiger partial charge in [-0.05, 0) is 56.4 Å². The molecule has 6 heteroatoms. The number of aromatic nitrogens is 1. The highest BCUT2D eigenvalue weighted by Crippen LogP contribution is 2.30. The van der Waals surface area contributed by atoms with E-state index in [1.54, 1.807) is 18.2 Å². The molecule has 0 saturated heterocycles. The first-order valence-corrected chi connectivity index (χ1v) is 10.3. The van der Waals surface area contributed by atoms with E-state index in [9.17, 15) is 9.59 Å². The number of amides is 1. The summed E-state index contributed by atoms with van der Waals surface area (Å²) in [7, 11) is 0. The van der Waals surface area contributed by atoms with E-state index in [0.717, 1.165) is 47.8 Å². The number of para-hydroxylation sites is 3. The fraction of sp³-hybridized carbons (Fsp3) is 0.292. The van der Waals surface area contributed by atoms with Gasteiger partial charge in [0.15, 0.2) is 6.61 Å². The molecule has 1 heterocycles. The summed E-state index contributed by atoms with van der Waals surface area (Å²) in [6.07, 6.45) is 3.73. The topological polar surface area (TPSA) is 77.5 Å². The SMILES string of the molecule is CCOc1ccccc1NC(=O)COC(=O)c1c2c(nc3ccccc13)CCCC2. The molecule has 1 N–H and O–H groups in total. The van der Waals surface area contributed by atoms with Gasteiger partial charge in [0.1, 0.15) is 5.75 Å². The molecular weight excluding hydrogens is 380 g/mol. The van der Waals surface area contributed by atoms with Crippen LogP contribution in [0.2, 0.25) is 0 Å². The zero-order valence-corrected chi connectivity index (χ0v) is 16.9. The van der Waals surface area contributed by atoms with Crippen LogP contribution in [0.4, 0.5) is 5.69 Å². The Kier molecular flexibility index (Phi) is 5.93. The van der Waals surface area contributed by atoms with Gasteiger partial charge in [-0.1, -0.05) is 30.3 Å². The van der Waals surface area contributed by atoms with Gasteiger partial charge < -0.3 is 14.8 Å². The standard InChI is InChI=1S/C24H24N2O4/c1-2-29-21-14-8-7-13-20(21)26-22(27)15-30-24(28)23-16-9-3-5-11-18(16)25-19-12-6-4-10-17(19)23/h3,5,7-9,11,13-14H,2,4,6,10,12,15H2,1H3,(H,26,27). The van der Waals surface area contributed by atoms with Gasteiger partial charge in [-0.15, -0.1) is 0 Å². The third kappa shape index (κ3) is 4.13. The van der Waals surface area contributed by atoms with Crippen LogP contribution in [0.1, 0.15) is 41.4 Å². The van der Waals surface area contributed by atoms with Crippen molar-refractivity contribution in [2.24, 2.45) is 0 Å². The molecule has 3 aromatic rings. The maximum Gasteiger partial charge on any atom is 0.339 e. The third-order valence-corrected chi connectivity index (χ3v) is 5.17. The fourth-order valence-corrected chi connectivity index (χ4v) is 3.85. The molecule has 0 unspecified atom stereocenters. The predicted molar refractivity (Wildman–Crippen MR) is 115 cm³/mol. The number of carbonyl (C=O) groups excluding carboxylic acids is 2. The first-order valence-electron chi connectivity index (χ1n) is 10.3. The number of aryl methyl sites for hydroxylation is 1. The van der Waals surface area contributed by atoms with Crippen molar-refractivity contribution in [2.45, 2.75) is 32.6 Å². The Balaban J connectivity index is 1.52. The van der Waals surface area contributed by atoms with E-state index < -0.39 is 11.9 Å². The van der Waals surface area contributed by atoms with Gasteiger partial charge in [-0.25, -0.2) is 4.79 Å². The van der Waals surface area contributed by atoms with Crippen molar-refractivity contribution in [2.75, 3.05) is 18.5 Å². The smallest absolute Gasteiger partial charge is 0.339 e. The highest BCUT2D eigenvalue weighted by atomic mass is 16.5. The largest absolute Gasteiger partial charge is 0.492 e. The zero-order valence-electron chi connectivity index (χ0n) is 16.9. The molecule has 1 aliphatic carbocycles. The zero-order chi connectivity index (χ0) is 20.9. The molecule has 1 amide bonds. The van der Waals surface area contributed by atoms with E-state index in [1.807, 2.05) is 37.3 Å². The fourth-order valence-electron chi connectivity index (χ4n) is 3.85. The van der Waals surface area contributed by atoms with Gasteiger partial charge in [0.25, 0.3) is 5.91 Å². The van der Waals surface area contributed by atoms with Crippen molar-refractivity contribution in [3.63, 3.8) is 0 Å². The van der Waals surface area contributed by atoms with Crippen LogP contribution < -0.4 is 10.1 Å². The van der Waals surface area contributed by atoms with Gasteiger partial charge in [0.2, 0.25) is 0 Å². The van der Waals surface area contributed by atoms with Crippen LogP contribution in [0, 0.1) is 0 Å². The number of carbonyl (C=O) groups is 2. The van der Waals surface area contributed by atoms with Crippen molar-refractivity contribution < 1.29 is 19.1 Å². The number of esters is 1. The Morgan fingerprint density at radius 2 is 1.80 bits per heavy atom. The summed E-state index contributed by atoms with van der Waals surface area (Å²) in [5.74, 6) is -0.323. The number of anilines is 1. The Labute approximate surface area is 175 Å². The summed E-state index contributed by atoms with van der Waals surface area (Å²) in [5, 5.41) is 3.52. The molecule has 1 aliphatic rings. The number of nitrogens with zero attached hydrogens (tertiary/aromatic N) is 1. The second-order valence-electron chi connectivity index (χ2n) is 7.19. The van der Waals surface area contributed by atoms with E-state index in [4.69, 9.17) is 14.5 Å². The molecule has 0 atom stereocenters. The van der Waals surface area contributed by atoms with Crippen molar-refractivity contribution in [1.82, 2.24) is 4.98 Å². The monoisotopic (exact) mass is 404 g/mol. The second kappa shape index (κ2) is 8.95. The summed E-state index contributed by atoms with van der Waals surface area (Å²) >= 11 is 0. The molecule has 0 fully saturated rings. The lowest BCUT2D eigenvalue weighted by Crippen LogP contribution is -2.23. The minimum Gasteiger partial charge on any atom is -0.492 e. The van der Waals surface area contributed by atoms with Gasteiger partial charge in [0.05, 0.1) is 23.4 Å². The molecule has 0 bridgehead atoms. The lowest BCUT2D eigenvalue weighted by atomic mass is 9.90. The summed E-state index contributed by atoms with van der Waals surface area (Å²) in [6.45, 7) is 1.99. The Bertz CT molecular complexity index is 1090. The number of hydrogen-bond donors (Lipinski definition) is 1. The summed E-state index contributed by atoms with van der Waals surface area (Å²) in [4.78, 5) is 30.1. The van der Waals surface area contributed by atoms with E-state index in [1.165, 1.54) is 0 Å².